The van der Waals surface area contributed by atoms with Crippen molar-refractivity contribution in [2.75, 3.05) is 4.90 Å². The number of fused-ring (bicyclic) bond motifs is 7. The number of rotatable bonds is 6. The summed E-state index contributed by atoms with van der Waals surface area (Å²) in [5, 5.41) is 9.43. The first-order valence-corrected chi connectivity index (χ1v) is 19.2. The Morgan fingerprint density at radius 2 is 0.911 bits per heavy atom. The first kappa shape index (κ1) is 32.0. The molecular weight excluding hydrogens is 679 g/mol. The minimum Gasteiger partial charge on any atom is -0.455 e. The van der Waals surface area contributed by atoms with Crippen LogP contribution in [0.3, 0.4) is 0 Å². The number of nitrogens with zero attached hydrogens (tertiary/aromatic N) is 1. The van der Waals surface area contributed by atoms with Gasteiger partial charge in [-0.15, -0.1) is 0 Å². The Morgan fingerprint density at radius 1 is 0.321 bits per heavy atom. The number of furan rings is 1. The second-order valence-corrected chi connectivity index (χ2v) is 14.5. The van der Waals surface area contributed by atoms with E-state index in [1.54, 1.807) is 0 Å². The van der Waals surface area contributed by atoms with E-state index >= 15 is 0 Å². The largest absolute Gasteiger partial charge is 0.455 e. The summed E-state index contributed by atoms with van der Waals surface area (Å²) in [5.41, 5.74) is 12.2. The average Bonchev–Trinajstić information content (AvgIpc) is 3.67. The van der Waals surface area contributed by atoms with Crippen LogP contribution in [-0.2, 0) is 0 Å². The third kappa shape index (κ3) is 5.26. The van der Waals surface area contributed by atoms with Crippen molar-refractivity contribution in [1.29, 1.82) is 0 Å². The zero-order valence-electron chi connectivity index (χ0n) is 30.6. The lowest BCUT2D eigenvalue weighted by atomic mass is 9.91. The fraction of sp³-hybridized carbons (Fsp3) is 0. The van der Waals surface area contributed by atoms with E-state index in [9.17, 15) is 0 Å². The summed E-state index contributed by atoms with van der Waals surface area (Å²) in [6, 6.07) is 76.4. The topological polar surface area (TPSA) is 16.4 Å². The molecule has 2 nitrogen and oxygen atoms in total. The lowest BCUT2D eigenvalue weighted by molar-refractivity contribution is 0.672. The highest BCUT2D eigenvalue weighted by Crippen LogP contribution is 2.46. The molecule has 0 aliphatic carbocycles. The van der Waals surface area contributed by atoms with Crippen LogP contribution in [0.4, 0.5) is 17.1 Å². The van der Waals surface area contributed by atoms with Crippen molar-refractivity contribution in [3.63, 3.8) is 0 Å². The highest BCUT2D eigenvalue weighted by Gasteiger charge is 2.21. The zero-order chi connectivity index (χ0) is 37.0. The van der Waals surface area contributed by atoms with Crippen LogP contribution >= 0.6 is 0 Å². The molecule has 0 amide bonds. The van der Waals surface area contributed by atoms with Gasteiger partial charge in [-0.05, 0) is 103 Å². The van der Waals surface area contributed by atoms with Gasteiger partial charge in [0.1, 0.15) is 11.2 Å². The van der Waals surface area contributed by atoms with E-state index in [4.69, 9.17) is 4.42 Å². The van der Waals surface area contributed by atoms with Gasteiger partial charge in [-0.2, -0.15) is 0 Å². The molecule has 0 saturated heterocycles. The molecule has 0 spiro atoms. The van der Waals surface area contributed by atoms with Gasteiger partial charge in [0.25, 0.3) is 0 Å². The molecular formula is C54H35NO. The molecule has 11 aromatic rings. The summed E-state index contributed by atoms with van der Waals surface area (Å²) in [6.07, 6.45) is 0. The second kappa shape index (κ2) is 13.2. The van der Waals surface area contributed by atoms with Crippen molar-refractivity contribution in [2.24, 2.45) is 0 Å². The minimum atomic E-state index is 0.866. The van der Waals surface area contributed by atoms with Crippen LogP contribution in [0.2, 0.25) is 0 Å². The van der Waals surface area contributed by atoms with Crippen LogP contribution < -0.4 is 4.90 Å². The van der Waals surface area contributed by atoms with Gasteiger partial charge in [-0.3, -0.25) is 0 Å². The van der Waals surface area contributed by atoms with E-state index in [1.165, 1.54) is 60.3 Å². The summed E-state index contributed by atoms with van der Waals surface area (Å²) in [4.78, 5) is 2.39. The van der Waals surface area contributed by atoms with E-state index in [-0.39, 0.29) is 0 Å². The highest BCUT2D eigenvalue weighted by atomic mass is 16.3. The fourth-order valence-corrected chi connectivity index (χ4v) is 8.67. The maximum atomic E-state index is 6.71. The van der Waals surface area contributed by atoms with Gasteiger partial charge in [0, 0.05) is 22.1 Å². The van der Waals surface area contributed by atoms with E-state index < -0.39 is 0 Å². The predicted molar refractivity (Wildman–Crippen MR) is 237 cm³/mol. The molecule has 1 heterocycles. The smallest absolute Gasteiger partial charge is 0.143 e. The molecule has 0 unspecified atom stereocenters. The zero-order valence-corrected chi connectivity index (χ0v) is 30.6. The van der Waals surface area contributed by atoms with Gasteiger partial charge in [0.2, 0.25) is 0 Å². The number of benzene rings is 10. The lowest BCUT2D eigenvalue weighted by Gasteiger charge is -2.27. The minimum absolute atomic E-state index is 0.866. The maximum absolute atomic E-state index is 6.71. The number of hydrogen-bond acceptors (Lipinski definition) is 2. The Morgan fingerprint density at radius 3 is 1.70 bits per heavy atom. The van der Waals surface area contributed by atoms with E-state index in [0.717, 1.165) is 44.4 Å². The Labute approximate surface area is 325 Å². The number of hydrogen-bond donors (Lipinski definition) is 0. The SMILES string of the molecule is c1ccc(-c2cccc3cccc(-c4ccc(N(c5cccc(-c6cccc7ccccc67)c5)c5cccc6oc7c8ccccc8ccc7c56)cc4)c23)cc1. The molecule has 0 N–H and O–H groups in total. The van der Waals surface area contributed by atoms with E-state index in [0.29, 0.717) is 0 Å². The molecule has 262 valence electrons. The second-order valence-electron chi connectivity index (χ2n) is 14.5. The van der Waals surface area contributed by atoms with Gasteiger partial charge in [-0.1, -0.05) is 170 Å². The van der Waals surface area contributed by atoms with Gasteiger partial charge >= 0.3 is 0 Å². The summed E-state index contributed by atoms with van der Waals surface area (Å²) < 4.78 is 6.71. The maximum Gasteiger partial charge on any atom is 0.143 e. The molecule has 56 heavy (non-hydrogen) atoms. The summed E-state index contributed by atoms with van der Waals surface area (Å²) in [7, 11) is 0. The molecule has 0 aliphatic rings. The van der Waals surface area contributed by atoms with Crippen molar-refractivity contribution < 1.29 is 4.42 Å². The van der Waals surface area contributed by atoms with Crippen LogP contribution in [0.1, 0.15) is 0 Å². The number of anilines is 3. The monoisotopic (exact) mass is 713 g/mol. The first-order valence-electron chi connectivity index (χ1n) is 19.2. The average molecular weight is 714 g/mol. The molecule has 10 aromatic carbocycles. The van der Waals surface area contributed by atoms with E-state index in [2.05, 4.69) is 217 Å². The Balaban J connectivity index is 1.12. The van der Waals surface area contributed by atoms with Crippen molar-refractivity contribution >= 4 is 71.3 Å². The Hall–Kier alpha value is -7.42. The quantitative estimate of drug-likeness (QED) is 0.171. The lowest BCUT2D eigenvalue weighted by Crippen LogP contribution is -2.10. The first-order chi connectivity index (χ1) is 27.8. The van der Waals surface area contributed by atoms with Gasteiger partial charge in [-0.25, -0.2) is 0 Å². The van der Waals surface area contributed by atoms with Crippen LogP contribution in [0.15, 0.2) is 217 Å². The van der Waals surface area contributed by atoms with Crippen molar-refractivity contribution in [3.05, 3.63) is 212 Å². The van der Waals surface area contributed by atoms with Crippen molar-refractivity contribution in [3.8, 4) is 33.4 Å². The van der Waals surface area contributed by atoms with Crippen molar-refractivity contribution in [1.82, 2.24) is 0 Å². The molecule has 0 bridgehead atoms. The fourth-order valence-electron chi connectivity index (χ4n) is 8.67. The third-order valence-corrected chi connectivity index (χ3v) is 11.2. The third-order valence-electron chi connectivity index (χ3n) is 11.2. The Bertz CT molecular complexity index is 3240. The molecule has 0 radical (unpaired) electrons. The molecule has 0 fully saturated rings. The molecule has 2 heteroatoms. The van der Waals surface area contributed by atoms with Crippen LogP contribution in [0.5, 0.6) is 0 Å². The van der Waals surface area contributed by atoms with Gasteiger partial charge in [0.05, 0.1) is 11.1 Å². The molecule has 11 rings (SSSR count). The summed E-state index contributed by atoms with van der Waals surface area (Å²) in [5.74, 6) is 0. The molecule has 0 atom stereocenters. The summed E-state index contributed by atoms with van der Waals surface area (Å²) in [6.45, 7) is 0. The molecule has 0 aliphatic heterocycles. The van der Waals surface area contributed by atoms with Crippen LogP contribution in [0.25, 0.3) is 87.6 Å². The standard InChI is InChI=1S/C54H35NO/c1-2-13-37(14-3-1)46-25-10-18-40-19-11-26-47(52(40)46)39-29-32-42(33-30-39)55(43-21-8-20-41(35-43)45-24-9-17-36-15-4-6-22-44(36)45)50-27-12-28-51-53(50)49-34-31-38-16-5-7-23-48(38)54(49)56-51/h1-35H. The van der Waals surface area contributed by atoms with Crippen LogP contribution in [0, 0.1) is 0 Å². The summed E-state index contributed by atoms with van der Waals surface area (Å²) >= 11 is 0. The van der Waals surface area contributed by atoms with Crippen LogP contribution in [-0.4, -0.2) is 0 Å². The Kier molecular flexibility index (Phi) is 7.53. The highest BCUT2D eigenvalue weighted by molar-refractivity contribution is 6.19. The normalized spacial score (nSPS) is 11.6. The van der Waals surface area contributed by atoms with Crippen molar-refractivity contribution in [2.45, 2.75) is 0 Å². The van der Waals surface area contributed by atoms with Gasteiger partial charge in [0.15, 0.2) is 0 Å². The van der Waals surface area contributed by atoms with Gasteiger partial charge < -0.3 is 9.32 Å². The molecule has 1 aromatic heterocycles. The van der Waals surface area contributed by atoms with E-state index in [1.807, 2.05) is 0 Å². The predicted octanol–water partition coefficient (Wildman–Crippen LogP) is 15.5. The molecule has 0 saturated carbocycles.